The second-order valence-corrected chi connectivity index (χ2v) is 3.07. The van der Waals surface area contributed by atoms with E-state index in [1.165, 1.54) is 0 Å². The summed E-state index contributed by atoms with van der Waals surface area (Å²) >= 11 is 0. The maximum absolute atomic E-state index is 5.57. The number of H-pyrrole nitrogens is 1. The number of fused-ring (bicyclic) bond motifs is 3. The summed E-state index contributed by atoms with van der Waals surface area (Å²) in [5.41, 5.74) is 7.52. The van der Waals surface area contributed by atoms with E-state index >= 15 is 0 Å². The molecule has 0 bridgehead atoms. The predicted molar refractivity (Wildman–Crippen MR) is 52.5 cm³/mol. The zero-order valence-electron chi connectivity index (χ0n) is 6.87. The number of nitrogens with two attached hydrogens (primary N) is 1. The number of furan rings is 1. The summed E-state index contributed by atoms with van der Waals surface area (Å²) in [5.74, 6) is 0.462. The molecule has 0 saturated heterocycles. The van der Waals surface area contributed by atoms with E-state index in [-0.39, 0.29) is 0 Å². The van der Waals surface area contributed by atoms with E-state index in [0.717, 1.165) is 21.9 Å². The average Bonchev–Trinajstić information content (AvgIpc) is 2.65. The molecule has 2 heterocycles. The number of hydrogen-bond acceptors (Lipinski definition) is 2. The Hall–Kier alpha value is -1.90. The lowest BCUT2D eigenvalue weighted by molar-refractivity contribution is 0.637. The van der Waals surface area contributed by atoms with Gasteiger partial charge in [-0.15, -0.1) is 0 Å². The van der Waals surface area contributed by atoms with Crippen molar-refractivity contribution in [1.29, 1.82) is 0 Å². The predicted octanol–water partition coefficient (Wildman–Crippen LogP) is 2.50. The summed E-state index contributed by atoms with van der Waals surface area (Å²) in [5, 5.41) is 2.22. The topological polar surface area (TPSA) is 55.0 Å². The molecular formula is C10H8N2O. The maximum atomic E-state index is 5.57. The van der Waals surface area contributed by atoms with Gasteiger partial charge in [-0.25, -0.2) is 0 Å². The van der Waals surface area contributed by atoms with Gasteiger partial charge in [-0.1, -0.05) is 0 Å². The molecule has 0 radical (unpaired) electrons. The molecule has 0 spiro atoms. The van der Waals surface area contributed by atoms with Gasteiger partial charge in [0.1, 0.15) is 5.58 Å². The van der Waals surface area contributed by atoms with Gasteiger partial charge in [0.25, 0.3) is 0 Å². The van der Waals surface area contributed by atoms with Crippen LogP contribution in [0.1, 0.15) is 0 Å². The average molecular weight is 172 g/mol. The van der Waals surface area contributed by atoms with Crippen molar-refractivity contribution in [3.8, 4) is 0 Å². The summed E-state index contributed by atoms with van der Waals surface area (Å²) in [7, 11) is 0. The van der Waals surface area contributed by atoms with Gasteiger partial charge in [-0.2, -0.15) is 0 Å². The van der Waals surface area contributed by atoms with Crippen molar-refractivity contribution in [3.05, 3.63) is 30.5 Å². The third-order valence-electron chi connectivity index (χ3n) is 2.25. The van der Waals surface area contributed by atoms with Crippen LogP contribution in [0.2, 0.25) is 0 Å². The SMILES string of the molecule is Nc1cc2c(ccc3[nH]ccc32)o1. The Morgan fingerprint density at radius 3 is 3.00 bits per heavy atom. The van der Waals surface area contributed by atoms with Gasteiger partial charge in [-0.3, -0.25) is 0 Å². The first-order valence-electron chi connectivity index (χ1n) is 4.10. The van der Waals surface area contributed by atoms with Gasteiger partial charge in [0, 0.05) is 28.6 Å². The van der Waals surface area contributed by atoms with E-state index in [1.807, 2.05) is 30.5 Å². The molecule has 3 nitrogen and oxygen atoms in total. The summed E-state index contributed by atoms with van der Waals surface area (Å²) < 4.78 is 5.31. The van der Waals surface area contributed by atoms with E-state index < -0.39 is 0 Å². The largest absolute Gasteiger partial charge is 0.441 e. The highest BCUT2D eigenvalue weighted by molar-refractivity contribution is 6.05. The molecule has 3 heteroatoms. The van der Waals surface area contributed by atoms with Crippen molar-refractivity contribution < 1.29 is 4.42 Å². The fourth-order valence-corrected chi connectivity index (χ4v) is 1.67. The zero-order valence-corrected chi connectivity index (χ0v) is 6.87. The minimum Gasteiger partial charge on any atom is -0.441 e. The third kappa shape index (κ3) is 0.783. The Labute approximate surface area is 74.1 Å². The van der Waals surface area contributed by atoms with E-state index in [0.29, 0.717) is 5.88 Å². The Kier molecular flexibility index (Phi) is 1.05. The number of nitrogens with one attached hydrogen (secondary N) is 1. The lowest BCUT2D eigenvalue weighted by atomic mass is 10.2. The highest BCUT2D eigenvalue weighted by Crippen LogP contribution is 2.28. The minimum atomic E-state index is 0.462. The van der Waals surface area contributed by atoms with Crippen LogP contribution in [0.15, 0.2) is 34.9 Å². The molecule has 1 aromatic carbocycles. The Morgan fingerprint density at radius 2 is 2.08 bits per heavy atom. The lowest BCUT2D eigenvalue weighted by Crippen LogP contribution is -1.75. The molecule has 0 fully saturated rings. The summed E-state index contributed by atoms with van der Waals surface area (Å²) in [6.07, 6.45) is 1.91. The first-order chi connectivity index (χ1) is 6.34. The van der Waals surface area contributed by atoms with Crippen molar-refractivity contribution in [2.45, 2.75) is 0 Å². The molecule has 0 atom stereocenters. The van der Waals surface area contributed by atoms with Gasteiger partial charge in [0.15, 0.2) is 5.88 Å². The number of benzene rings is 1. The second-order valence-electron chi connectivity index (χ2n) is 3.07. The van der Waals surface area contributed by atoms with Crippen molar-refractivity contribution in [1.82, 2.24) is 4.98 Å². The van der Waals surface area contributed by atoms with E-state index in [1.54, 1.807) is 0 Å². The quantitative estimate of drug-likeness (QED) is 0.547. The fraction of sp³-hybridized carbons (Fsp3) is 0. The smallest absolute Gasteiger partial charge is 0.191 e. The molecule has 0 aliphatic rings. The summed E-state index contributed by atoms with van der Waals surface area (Å²) in [4.78, 5) is 3.14. The molecule has 0 saturated carbocycles. The molecule has 3 aromatic rings. The van der Waals surface area contributed by atoms with Crippen LogP contribution in [-0.2, 0) is 0 Å². The van der Waals surface area contributed by atoms with Gasteiger partial charge in [0.2, 0.25) is 0 Å². The zero-order chi connectivity index (χ0) is 8.84. The second kappa shape index (κ2) is 2.07. The third-order valence-corrected chi connectivity index (χ3v) is 2.25. The van der Waals surface area contributed by atoms with Crippen molar-refractivity contribution in [2.75, 3.05) is 5.73 Å². The molecule has 3 rings (SSSR count). The van der Waals surface area contributed by atoms with Crippen LogP contribution in [0, 0.1) is 0 Å². The van der Waals surface area contributed by atoms with Crippen LogP contribution >= 0.6 is 0 Å². The van der Waals surface area contributed by atoms with E-state index in [9.17, 15) is 0 Å². The first-order valence-corrected chi connectivity index (χ1v) is 4.10. The summed E-state index contributed by atoms with van der Waals surface area (Å²) in [6.45, 7) is 0. The molecule has 0 amide bonds. The highest BCUT2D eigenvalue weighted by Gasteiger charge is 2.04. The molecule has 2 aromatic heterocycles. The molecule has 3 N–H and O–H groups in total. The number of rotatable bonds is 0. The molecule has 0 aliphatic heterocycles. The lowest BCUT2D eigenvalue weighted by Gasteiger charge is -1.89. The number of aromatic amines is 1. The van der Waals surface area contributed by atoms with Crippen LogP contribution in [0.3, 0.4) is 0 Å². The van der Waals surface area contributed by atoms with Crippen LogP contribution in [0.25, 0.3) is 21.9 Å². The maximum Gasteiger partial charge on any atom is 0.191 e. The summed E-state index contributed by atoms with van der Waals surface area (Å²) in [6, 6.07) is 7.78. The Balaban J connectivity index is 2.64. The van der Waals surface area contributed by atoms with Gasteiger partial charge >= 0.3 is 0 Å². The Morgan fingerprint density at radius 1 is 1.15 bits per heavy atom. The van der Waals surface area contributed by atoms with Crippen molar-refractivity contribution >= 4 is 27.8 Å². The molecular weight excluding hydrogens is 164 g/mol. The van der Waals surface area contributed by atoms with Crippen LogP contribution < -0.4 is 5.73 Å². The van der Waals surface area contributed by atoms with Gasteiger partial charge < -0.3 is 15.1 Å². The number of aromatic nitrogens is 1. The van der Waals surface area contributed by atoms with Gasteiger partial charge in [-0.05, 0) is 18.2 Å². The Bertz CT molecular complexity index is 577. The van der Waals surface area contributed by atoms with Crippen LogP contribution in [0.5, 0.6) is 0 Å². The first kappa shape index (κ1) is 6.60. The van der Waals surface area contributed by atoms with Crippen molar-refractivity contribution in [3.63, 3.8) is 0 Å². The molecule has 13 heavy (non-hydrogen) atoms. The monoisotopic (exact) mass is 172 g/mol. The van der Waals surface area contributed by atoms with Gasteiger partial charge in [0.05, 0.1) is 0 Å². The van der Waals surface area contributed by atoms with Crippen LogP contribution in [0.4, 0.5) is 5.88 Å². The van der Waals surface area contributed by atoms with E-state index in [4.69, 9.17) is 10.2 Å². The minimum absolute atomic E-state index is 0.462. The number of nitrogen functional groups attached to an aromatic ring is 1. The normalized spacial score (nSPS) is 11.4. The van der Waals surface area contributed by atoms with Crippen molar-refractivity contribution in [2.24, 2.45) is 0 Å². The molecule has 64 valence electrons. The standard InChI is InChI=1S/C10H8N2O/c11-10-5-7-6-3-4-12-8(6)1-2-9(7)13-10/h1-5,12H,11H2. The highest BCUT2D eigenvalue weighted by atomic mass is 16.3. The van der Waals surface area contributed by atoms with E-state index in [2.05, 4.69) is 4.98 Å². The van der Waals surface area contributed by atoms with Crippen LogP contribution in [-0.4, -0.2) is 4.98 Å². The fourth-order valence-electron chi connectivity index (χ4n) is 1.67. The molecule has 0 unspecified atom stereocenters. The number of hydrogen-bond donors (Lipinski definition) is 2. The molecule has 0 aliphatic carbocycles. The number of anilines is 1.